The van der Waals surface area contributed by atoms with Gasteiger partial charge in [0.2, 0.25) is 0 Å². The van der Waals surface area contributed by atoms with Gasteiger partial charge in [-0.15, -0.1) is 0 Å². The summed E-state index contributed by atoms with van der Waals surface area (Å²) in [4.78, 5) is 19.7. The summed E-state index contributed by atoms with van der Waals surface area (Å²) in [5.74, 6) is -0.178. The minimum absolute atomic E-state index is 0.275. The number of aryl methyl sites for hydroxylation is 1. The fraction of sp³-hybridized carbons (Fsp3) is 0.364. The maximum absolute atomic E-state index is 13.7. The number of carbonyl (C=O) groups excluding carboxylic acids is 1. The van der Waals surface area contributed by atoms with Crippen LogP contribution in [0.3, 0.4) is 0 Å². The first-order valence-electron chi connectivity index (χ1n) is 9.96. The number of ether oxygens (including phenoxy) is 2. The van der Waals surface area contributed by atoms with E-state index in [2.05, 4.69) is 10.2 Å². The third-order valence-corrected chi connectivity index (χ3v) is 5.59. The number of hydrogen-bond donors (Lipinski definition) is 1. The van der Waals surface area contributed by atoms with Crippen molar-refractivity contribution in [3.05, 3.63) is 58.7 Å². The molecule has 29 heavy (non-hydrogen) atoms. The molecule has 4 heterocycles. The van der Waals surface area contributed by atoms with Gasteiger partial charge in [0, 0.05) is 35.6 Å². The SMILES string of the molecule is O=C1Nc2ccc(F)cc2C1=C1OCc2nc(CCCN3CCOCC3)ccc21. The van der Waals surface area contributed by atoms with Crippen LogP contribution in [0.2, 0.25) is 0 Å². The molecular weight excluding hydrogens is 373 g/mol. The van der Waals surface area contributed by atoms with Gasteiger partial charge in [-0.05, 0) is 49.7 Å². The van der Waals surface area contributed by atoms with Gasteiger partial charge in [0.25, 0.3) is 5.91 Å². The molecule has 5 rings (SSSR count). The van der Waals surface area contributed by atoms with Gasteiger partial charge in [-0.1, -0.05) is 0 Å². The molecular formula is C22H22FN3O3. The van der Waals surface area contributed by atoms with E-state index in [1.807, 2.05) is 12.1 Å². The van der Waals surface area contributed by atoms with E-state index in [-0.39, 0.29) is 11.7 Å². The van der Waals surface area contributed by atoms with Gasteiger partial charge >= 0.3 is 0 Å². The van der Waals surface area contributed by atoms with Crippen molar-refractivity contribution in [1.82, 2.24) is 9.88 Å². The summed E-state index contributed by atoms with van der Waals surface area (Å²) in [7, 11) is 0. The summed E-state index contributed by atoms with van der Waals surface area (Å²) in [5, 5.41) is 2.78. The predicted molar refractivity (Wildman–Crippen MR) is 106 cm³/mol. The highest BCUT2D eigenvalue weighted by atomic mass is 19.1. The lowest BCUT2D eigenvalue weighted by atomic mass is 10.0. The Hall–Kier alpha value is -2.77. The number of halogens is 1. The van der Waals surface area contributed by atoms with Crippen molar-refractivity contribution in [2.75, 3.05) is 38.2 Å². The molecule has 1 fully saturated rings. The number of nitrogens with one attached hydrogen (secondary N) is 1. The van der Waals surface area contributed by atoms with Crippen LogP contribution in [0.25, 0.3) is 11.3 Å². The summed E-state index contributed by atoms with van der Waals surface area (Å²) in [6.07, 6.45) is 1.93. The second-order valence-corrected chi connectivity index (χ2v) is 7.49. The molecule has 0 unspecified atom stereocenters. The van der Waals surface area contributed by atoms with Crippen molar-refractivity contribution >= 4 is 22.9 Å². The van der Waals surface area contributed by atoms with E-state index in [1.165, 1.54) is 12.1 Å². The topological polar surface area (TPSA) is 63.7 Å². The zero-order valence-corrected chi connectivity index (χ0v) is 16.0. The van der Waals surface area contributed by atoms with Crippen LogP contribution in [0, 0.1) is 5.82 Å². The minimum atomic E-state index is -0.384. The van der Waals surface area contributed by atoms with E-state index in [9.17, 15) is 9.18 Å². The van der Waals surface area contributed by atoms with E-state index in [4.69, 9.17) is 14.5 Å². The zero-order valence-electron chi connectivity index (χ0n) is 16.0. The van der Waals surface area contributed by atoms with Crippen molar-refractivity contribution in [3.8, 4) is 0 Å². The highest BCUT2D eigenvalue weighted by Crippen LogP contribution is 2.41. The molecule has 3 aliphatic rings. The van der Waals surface area contributed by atoms with Crippen molar-refractivity contribution in [3.63, 3.8) is 0 Å². The van der Waals surface area contributed by atoms with E-state index >= 15 is 0 Å². The Morgan fingerprint density at radius 1 is 1.14 bits per heavy atom. The molecule has 0 radical (unpaired) electrons. The van der Waals surface area contributed by atoms with Gasteiger partial charge in [0.05, 0.1) is 24.5 Å². The number of pyridine rings is 1. The average Bonchev–Trinajstić information content (AvgIpc) is 3.28. The fourth-order valence-corrected chi connectivity index (χ4v) is 4.10. The molecule has 7 heteroatoms. The van der Waals surface area contributed by atoms with Crippen LogP contribution >= 0.6 is 0 Å². The molecule has 0 atom stereocenters. The molecule has 1 aromatic carbocycles. The Balaban J connectivity index is 1.35. The van der Waals surface area contributed by atoms with Crippen LogP contribution in [0.15, 0.2) is 30.3 Å². The number of anilines is 1. The Morgan fingerprint density at radius 3 is 2.86 bits per heavy atom. The van der Waals surface area contributed by atoms with E-state index in [0.29, 0.717) is 29.2 Å². The number of nitrogens with zero attached hydrogens (tertiary/aromatic N) is 2. The van der Waals surface area contributed by atoms with Crippen LogP contribution in [0.1, 0.15) is 28.9 Å². The average molecular weight is 395 g/mol. The first-order valence-corrected chi connectivity index (χ1v) is 9.96. The number of rotatable bonds is 4. The fourth-order valence-electron chi connectivity index (χ4n) is 4.10. The van der Waals surface area contributed by atoms with Crippen molar-refractivity contribution in [1.29, 1.82) is 0 Å². The molecule has 2 aromatic rings. The van der Waals surface area contributed by atoms with Crippen LogP contribution in [0.5, 0.6) is 0 Å². The van der Waals surface area contributed by atoms with Crippen LogP contribution in [-0.4, -0.2) is 48.6 Å². The van der Waals surface area contributed by atoms with Gasteiger partial charge in [-0.25, -0.2) is 4.39 Å². The molecule has 0 bridgehead atoms. The Bertz CT molecular complexity index is 999. The molecule has 1 saturated heterocycles. The molecule has 1 aromatic heterocycles. The molecule has 1 N–H and O–H groups in total. The summed E-state index contributed by atoms with van der Waals surface area (Å²) in [6, 6.07) is 8.23. The number of benzene rings is 1. The molecule has 0 aliphatic carbocycles. The van der Waals surface area contributed by atoms with E-state index in [1.54, 1.807) is 6.07 Å². The molecule has 0 saturated carbocycles. The number of amides is 1. The summed E-state index contributed by atoms with van der Waals surface area (Å²) in [5.41, 5.74) is 4.17. The summed E-state index contributed by atoms with van der Waals surface area (Å²) < 4.78 is 24.9. The maximum atomic E-state index is 13.7. The predicted octanol–water partition coefficient (Wildman–Crippen LogP) is 2.84. The van der Waals surface area contributed by atoms with Gasteiger partial charge in [0.15, 0.2) is 0 Å². The van der Waals surface area contributed by atoms with Crippen molar-refractivity contribution in [2.45, 2.75) is 19.4 Å². The van der Waals surface area contributed by atoms with Crippen molar-refractivity contribution < 1.29 is 18.7 Å². The van der Waals surface area contributed by atoms with E-state index in [0.717, 1.165) is 62.6 Å². The molecule has 0 spiro atoms. The Labute approximate surface area is 168 Å². The number of fused-ring (bicyclic) bond motifs is 2. The highest BCUT2D eigenvalue weighted by molar-refractivity contribution is 6.36. The number of hydrogen-bond acceptors (Lipinski definition) is 5. The van der Waals surface area contributed by atoms with Gasteiger partial charge in [-0.3, -0.25) is 14.7 Å². The largest absolute Gasteiger partial charge is 0.486 e. The van der Waals surface area contributed by atoms with Crippen LogP contribution < -0.4 is 5.32 Å². The first-order chi connectivity index (χ1) is 14.2. The second-order valence-electron chi connectivity index (χ2n) is 7.49. The number of morpholine rings is 1. The maximum Gasteiger partial charge on any atom is 0.260 e. The lowest BCUT2D eigenvalue weighted by molar-refractivity contribution is -0.110. The third-order valence-electron chi connectivity index (χ3n) is 5.59. The quantitative estimate of drug-likeness (QED) is 0.807. The van der Waals surface area contributed by atoms with Crippen LogP contribution in [-0.2, 0) is 27.3 Å². The first kappa shape index (κ1) is 18.3. The van der Waals surface area contributed by atoms with Gasteiger partial charge < -0.3 is 14.8 Å². The minimum Gasteiger partial charge on any atom is -0.486 e. The smallest absolute Gasteiger partial charge is 0.260 e. The molecule has 150 valence electrons. The Morgan fingerprint density at radius 2 is 2.00 bits per heavy atom. The Kier molecular flexibility index (Phi) is 4.77. The molecule has 6 nitrogen and oxygen atoms in total. The summed E-state index contributed by atoms with van der Waals surface area (Å²) >= 11 is 0. The molecule has 3 aliphatic heterocycles. The third kappa shape index (κ3) is 3.52. The highest BCUT2D eigenvalue weighted by Gasteiger charge is 2.33. The lowest BCUT2D eigenvalue weighted by Gasteiger charge is -2.26. The van der Waals surface area contributed by atoms with Gasteiger partial charge in [0.1, 0.15) is 18.2 Å². The second kappa shape index (κ2) is 7.57. The van der Waals surface area contributed by atoms with Gasteiger partial charge in [-0.2, -0.15) is 0 Å². The monoisotopic (exact) mass is 395 g/mol. The van der Waals surface area contributed by atoms with Crippen LogP contribution in [0.4, 0.5) is 10.1 Å². The normalized spacial score (nSPS) is 20.9. The number of aromatic nitrogens is 1. The standard InChI is InChI=1S/C22H22FN3O3/c23-14-3-6-18-17(12-14)20(22(27)25-18)21-16-5-4-15(24-19(16)13-29-21)2-1-7-26-8-10-28-11-9-26/h3-6,12H,1-2,7-11,13H2,(H,25,27). The molecule has 1 amide bonds. The lowest BCUT2D eigenvalue weighted by Crippen LogP contribution is -2.36. The zero-order chi connectivity index (χ0) is 19.8. The summed E-state index contributed by atoms with van der Waals surface area (Å²) in [6.45, 7) is 4.97. The van der Waals surface area contributed by atoms with Crippen molar-refractivity contribution in [2.24, 2.45) is 0 Å². The number of carbonyl (C=O) groups is 1. The van der Waals surface area contributed by atoms with E-state index < -0.39 is 0 Å².